The van der Waals surface area contributed by atoms with Crippen molar-refractivity contribution in [3.63, 3.8) is 0 Å². The molecule has 3 aromatic rings. The molecule has 0 fully saturated rings. The molecule has 0 aliphatic rings. The highest BCUT2D eigenvalue weighted by atomic mass is 19.1. The van der Waals surface area contributed by atoms with E-state index < -0.39 is 11.4 Å². The molecule has 0 saturated carbocycles. The second-order valence-corrected chi connectivity index (χ2v) is 7.86. The zero-order chi connectivity index (χ0) is 20.6. The normalized spacial score (nSPS) is 11.3. The van der Waals surface area contributed by atoms with E-state index in [1.807, 2.05) is 36.4 Å². The van der Waals surface area contributed by atoms with Gasteiger partial charge in [0.2, 0.25) is 0 Å². The van der Waals surface area contributed by atoms with Gasteiger partial charge in [0.05, 0.1) is 0 Å². The van der Waals surface area contributed by atoms with Crippen molar-refractivity contribution >= 4 is 10.8 Å². The van der Waals surface area contributed by atoms with Crippen LogP contribution >= 0.6 is 0 Å². The molecule has 1 heterocycles. The van der Waals surface area contributed by atoms with E-state index >= 15 is 4.39 Å². The third-order valence-electron chi connectivity index (χ3n) is 5.53. The third kappa shape index (κ3) is 5.35. The van der Waals surface area contributed by atoms with Crippen molar-refractivity contribution in [2.45, 2.75) is 71.6 Å². The number of hydrogen-bond acceptors (Lipinski definition) is 2. The van der Waals surface area contributed by atoms with E-state index in [0.717, 1.165) is 44.1 Å². The minimum Gasteiger partial charge on any atom is -0.427 e. The molecule has 3 heteroatoms. The van der Waals surface area contributed by atoms with Gasteiger partial charge in [-0.3, -0.25) is 0 Å². The lowest BCUT2D eigenvalue weighted by molar-refractivity contribution is 0.453. The van der Waals surface area contributed by atoms with E-state index in [1.54, 1.807) is 6.07 Å². The van der Waals surface area contributed by atoms with Crippen molar-refractivity contribution in [1.29, 1.82) is 0 Å². The summed E-state index contributed by atoms with van der Waals surface area (Å²) in [6.45, 7) is 4.36. The minimum atomic E-state index is -0.579. The molecule has 0 aliphatic heterocycles. The molecule has 0 atom stereocenters. The van der Waals surface area contributed by atoms with Crippen LogP contribution in [0.4, 0.5) is 4.39 Å². The fourth-order valence-corrected chi connectivity index (χ4v) is 3.77. The lowest BCUT2D eigenvalue weighted by Crippen LogP contribution is -2.05. The van der Waals surface area contributed by atoms with Gasteiger partial charge >= 0.3 is 5.63 Å². The average molecular weight is 395 g/mol. The molecule has 0 aliphatic carbocycles. The summed E-state index contributed by atoms with van der Waals surface area (Å²) in [5, 5.41) is 0.665. The molecule has 154 valence electrons. The third-order valence-corrected chi connectivity index (χ3v) is 5.53. The number of unbranched alkanes of at least 4 members (excludes halogenated alkanes) is 5. The van der Waals surface area contributed by atoms with Crippen molar-refractivity contribution in [3.05, 3.63) is 70.0 Å². The molecule has 2 nitrogen and oxygen atoms in total. The number of rotatable bonds is 10. The van der Waals surface area contributed by atoms with Crippen LogP contribution in [0.25, 0.3) is 21.9 Å². The van der Waals surface area contributed by atoms with E-state index in [0.29, 0.717) is 16.7 Å². The van der Waals surface area contributed by atoms with Gasteiger partial charge in [-0.2, -0.15) is 0 Å². The van der Waals surface area contributed by atoms with Crippen LogP contribution in [0.15, 0.2) is 51.7 Å². The summed E-state index contributed by atoms with van der Waals surface area (Å²) in [6, 6.07) is 13.4. The SMILES string of the molecule is CCCCCCCc1cc2ccc(-c3ccc(CCCC)cc3)c(F)c2c(=O)o1. The van der Waals surface area contributed by atoms with Gasteiger partial charge in [-0.25, -0.2) is 9.18 Å². The van der Waals surface area contributed by atoms with Gasteiger partial charge in [0.15, 0.2) is 0 Å². The van der Waals surface area contributed by atoms with Crippen LogP contribution in [-0.4, -0.2) is 0 Å². The highest BCUT2D eigenvalue weighted by Crippen LogP contribution is 2.28. The lowest BCUT2D eigenvalue weighted by atomic mass is 9.98. The standard InChI is InChI=1S/C26H31FO2/c1-3-5-7-8-9-11-22-18-21-16-17-23(25(27)24(21)26(28)29-22)20-14-12-19(13-15-20)10-6-4-2/h12-18H,3-11H2,1-2H3. The average Bonchev–Trinajstić information content (AvgIpc) is 2.72. The summed E-state index contributed by atoms with van der Waals surface area (Å²) in [5.41, 5.74) is 1.90. The quantitative estimate of drug-likeness (QED) is 0.334. The van der Waals surface area contributed by atoms with Crippen molar-refractivity contribution in [2.75, 3.05) is 0 Å². The Kier molecular flexibility index (Phi) is 7.62. The second kappa shape index (κ2) is 10.4. The van der Waals surface area contributed by atoms with E-state index in [-0.39, 0.29) is 5.39 Å². The first-order valence-corrected chi connectivity index (χ1v) is 11.0. The largest absolute Gasteiger partial charge is 0.427 e. The lowest BCUT2D eigenvalue weighted by Gasteiger charge is -2.09. The topological polar surface area (TPSA) is 30.2 Å². The summed E-state index contributed by atoms with van der Waals surface area (Å²) in [7, 11) is 0. The van der Waals surface area contributed by atoms with Crippen molar-refractivity contribution < 1.29 is 8.81 Å². The predicted octanol–water partition coefficient (Wildman–Crippen LogP) is 7.45. The Morgan fingerprint density at radius 3 is 2.28 bits per heavy atom. The minimum absolute atomic E-state index is 0.0484. The molecule has 0 amide bonds. The molecular weight excluding hydrogens is 363 g/mol. The molecule has 2 aromatic carbocycles. The summed E-state index contributed by atoms with van der Waals surface area (Å²) in [4.78, 5) is 12.5. The smallest absolute Gasteiger partial charge is 0.346 e. The Bertz CT molecular complexity index is 986. The monoisotopic (exact) mass is 394 g/mol. The summed E-state index contributed by atoms with van der Waals surface area (Å²) < 4.78 is 20.6. The van der Waals surface area contributed by atoms with Crippen molar-refractivity contribution in [1.82, 2.24) is 0 Å². The van der Waals surface area contributed by atoms with Gasteiger partial charge in [-0.05, 0) is 41.8 Å². The molecule has 0 bridgehead atoms. The summed E-state index contributed by atoms with van der Waals surface area (Å²) >= 11 is 0. The Morgan fingerprint density at radius 1 is 0.828 bits per heavy atom. The highest BCUT2D eigenvalue weighted by Gasteiger charge is 2.15. The molecule has 0 radical (unpaired) electrons. The van der Waals surface area contributed by atoms with Crippen molar-refractivity contribution in [2.24, 2.45) is 0 Å². The Morgan fingerprint density at radius 2 is 1.55 bits per heavy atom. The van der Waals surface area contributed by atoms with Crippen LogP contribution in [0.3, 0.4) is 0 Å². The zero-order valence-electron chi connectivity index (χ0n) is 17.6. The van der Waals surface area contributed by atoms with Crippen LogP contribution in [0.1, 0.15) is 70.1 Å². The molecule has 3 rings (SSSR count). The molecular formula is C26H31FO2. The van der Waals surface area contributed by atoms with Crippen LogP contribution in [0.5, 0.6) is 0 Å². The molecule has 0 saturated heterocycles. The maximum atomic E-state index is 15.2. The fourth-order valence-electron chi connectivity index (χ4n) is 3.77. The van der Waals surface area contributed by atoms with Crippen LogP contribution in [0, 0.1) is 5.82 Å². The number of halogens is 1. The van der Waals surface area contributed by atoms with Crippen LogP contribution in [-0.2, 0) is 12.8 Å². The maximum Gasteiger partial charge on any atom is 0.346 e. The van der Waals surface area contributed by atoms with E-state index in [2.05, 4.69) is 13.8 Å². The van der Waals surface area contributed by atoms with Crippen molar-refractivity contribution in [3.8, 4) is 11.1 Å². The van der Waals surface area contributed by atoms with Gasteiger partial charge in [0.1, 0.15) is 17.0 Å². The molecule has 0 N–H and O–H groups in total. The molecule has 0 unspecified atom stereocenters. The zero-order valence-corrected chi connectivity index (χ0v) is 17.6. The van der Waals surface area contributed by atoms with E-state index in [1.165, 1.54) is 24.8 Å². The predicted molar refractivity (Wildman–Crippen MR) is 119 cm³/mol. The molecule has 29 heavy (non-hydrogen) atoms. The van der Waals surface area contributed by atoms with Gasteiger partial charge in [0.25, 0.3) is 0 Å². The Balaban J connectivity index is 1.83. The Hall–Kier alpha value is -2.42. The number of hydrogen-bond donors (Lipinski definition) is 0. The van der Waals surface area contributed by atoms with Gasteiger partial charge in [0, 0.05) is 12.0 Å². The van der Waals surface area contributed by atoms with Crippen LogP contribution in [0.2, 0.25) is 0 Å². The van der Waals surface area contributed by atoms with Gasteiger partial charge in [-0.1, -0.05) is 82.3 Å². The number of fused-ring (bicyclic) bond motifs is 1. The van der Waals surface area contributed by atoms with Crippen LogP contribution < -0.4 is 5.63 Å². The summed E-state index contributed by atoms with van der Waals surface area (Å²) in [6.07, 6.45) is 9.78. The number of aryl methyl sites for hydroxylation is 2. The first-order valence-electron chi connectivity index (χ1n) is 11.0. The van der Waals surface area contributed by atoms with Gasteiger partial charge in [-0.15, -0.1) is 0 Å². The van der Waals surface area contributed by atoms with Gasteiger partial charge < -0.3 is 4.42 Å². The van der Waals surface area contributed by atoms with E-state index in [4.69, 9.17) is 4.42 Å². The molecule has 0 spiro atoms. The summed E-state index contributed by atoms with van der Waals surface area (Å²) in [5.74, 6) is 0.151. The maximum absolute atomic E-state index is 15.2. The number of benzene rings is 2. The molecule has 1 aromatic heterocycles. The van der Waals surface area contributed by atoms with E-state index in [9.17, 15) is 4.79 Å². The Labute approximate surface area is 172 Å². The fraction of sp³-hybridized carbons (Fsp3) is 0.423. The second-order valence-electron chi connectivity index (χ2n) is 7.86. The first-order chi connectivity index (χ1) is 14.1. The first kappa shape index (κ1) is 21.3. The highest BCUT2D eigenvalue weighted by molar-refractivity contribution is 5.87.